The quantitative estimate of drug-likeness (QED) is 0.368. The number of aromatic amines is 2. The molecule has 0 aliphatic carbocycles. The van der Waals surface area contributed by atoms with Crippen LogP contribution in [0.4, 0.5) is 0 Å². The maximum absolute atomic E-state index is 4.62. The molecule has 0 saturated carbocycles. The molecule has 5 rings (SSSR count). The Morgan fingerprint density at radius 1 is 0.500 bits per heavy atom. The molecule has 4 heteroatoms. The van der Waals surface area contributed by atoms with E-state index in [0.29, 0.717) is 0 Å². The third kappa shape index (κ3) is 3.26. The number of H-pyrrole nitrogens is 2. The van der Waals surface area contributed by atoms with Crippen molar-refractivity contribution in [3.8, 4) is 0 Å². The van der Waals surface area contributed by atoms with E-state index in [1.165, 1.54) is 0 Å². The van der Waals surface area contributed by atoms with Gasteiger partial charge in [0.1, 0.15) is 0 Å². The summed E-state index contributed by atoms with van der Waals surface area (Å²) in [7, 11) is 0. The van der Waals surface area contributed by atoms with Crippen LogP contribution in [-0.4, -0.2) is 19.9 Å². The van der Waals surface area contributed by atoms with Gasteiger partial charge in [-0.1, -0.05) is 0 Å². The molecular weight excluding hydrogens is 320 g/mol. The van der Waals surface area contributed by atoms with Crippen LogP contribution in [0, 0.1) is 0 Å². The zero-order valence-electron chi connectivity index (χ0n) is 14.2. The summed E-state index contributed by atoms with van der Waals surface area (Å²) in [6.07, 6.45) is 8.05. The summed E-state index contributed by atoms with van der Waals surface area (Å²) in [4.78, 5) is 16.0. The highest BCUT2D eigenvalue weighted by molar-refractivity contribution is 5.77. The van der Waals surface area contributed by atoms with Crippen molar-refractivity contribution in [3.05, 3.63) is 84.5 Å². The maximum Gasteiger partial charge on any atom is 0.0659 e. The van der Waals surface area contributed by atoms with Crippen LogP contribution in [-0.2, 0) is 0 Å². The summed E-state index contributed by atoms with van der Waals surface area (Å²) >= 11 is 0. The average Bonchev–Trinajstić information content (AvgIpc) is 3.42. The van der Waals surface area contributed by atoms with Crippen molar-refractivity contribution < 1.29 is 0 Å². The van der Waals surface area contributed by atoms with Crippen LogP contribution in [0.3, 0.4) is 0 Å². The molecule has 4 nitrogen and oxygen atoms in total. The molecule has 8 bridgehead atoms. The van der Waals surface area contributed by atoms with Crippen molar-refractivity contribution in [3.63, 3.8) is 0 Å². The molecule has 0 saturated heterocycles. The fraction of sp³-hybridized carbons (Fsp3) is 0. The van der Waals surface area contributed by atoms with E-state index in [4.69, 9.17) is 0 Å². The van der Waals surface area contributed by atoms with Gasteiger partial charge in [-0.3, -0.25) is 0 Å². The van der Waals surface area contributed by atoms with Crippen LogP contribution < -0.4 is 0 Å². The van der Waals surface area contributed by atoms with E-state index < -0.39 is 0 Å². The number of hydrogen-bond acceptors (Lipinski definition) is 2. The minimum atomic E-state index is 0.915. The smallest absolute Gasteiger partial charge is 0.0659 e. The Kier molecular flexibility index (Phi) is 4.07. The number of hydrogen-bond donors (Lipinski definition) is 2. The summed E-state index contributed by atoms with van der Waals surface area (Å²) in [6, 6.07) is 16.4. The molecule has 0 fully saturated rings. The number of fused-ring (bicyclic) bond motifs is 8. The van der Waals surface area contributed by atoms with Gasteiger partial charge in [-0.25, -0.2) is 9.97 Å². The highest BCUT2D eigenvalue weighted by Crippen LogP contribution is 2.17. The van der Waals surface area contributed by atoms with E-state index in [0.717, 1.165) is 44.8 Å². The van der Waals surface area contributed by atoms with Crippen molar-refractivity contribution in [2.45, 2.75) is 0 Å². The summed E-state index contributed by atoms with van der Waals surface area (Å²) in [5.74, 6) is 0. The minimum absolute atomic E-state index is 0.915. The van der Waals surface area contributed by atoms with Gasteiger partial charge in [-0.05, 0) is 72.8 Å². The number of aromatic nitrogens is 4. The lowest BCUT2D eigenvalue weighted by atomic mass is 10.3. The van der Waals surface area contributed by atoms with E-state index in [1.54, 1.807) is 0 Å². The first-order chi connectivity index (χ1) is 12.8. The first-order valence-electron chi connectivity index (χ1n) is 8.35. The second-order valence-corrected chi connectivity index (χ2v) is 5.91. The van der Waals surface area contributed by atoms with Crippen LogP contribution in [0.15, 0.2) is 61.7 Å². The molecule has 2 aliphatic rings. The fourth-order valence-corrected chi connectivity index (χ4v) is 2.94. The number of rotatable bonds is 0. The molecule has 0 amide bonds. The molecule has 3 aromatic heterocycles. The van der Waals surface area contributed by atoms with Gasteiger partial charge in [-0.15, -0.1) is 13.2 Å². The number of nitrogens with zero attached hydrogens (tertiary/aromatic N) is 2. The van der Waals surface area contributed by atoms with E-state index in [1.807, 2.05) is 42.5 Å². The molecule has 2 N–H and O–H groups in total. The summed E-state index contributed by atoms with van der Waals surface area (Å²) in [6.45, 7) is 6.00. The Hall–Kier alpha value is -3.66. The topological polar surface area (TPSA) is 57.4 Å². The zero-order chi connectivity index (χ0) is 17.9. The zero-order valence-corrected chi connectivity index (χ0v) is 14.2. The van der Waals surface area contributed by atoms with E-state index in [2.05, 4.69) is 63.4 Å². The van der Waals surface area contributed by atoms with Gasteiger partial charge in [0.15, 0.2) is 0 Å². The lowest BCUT2D eigenvalue weighted by molar-refractivity contribution is 1.28. The molecule has 0 unspecified atom stereocenters. The predicted octanol–water partition coefficient (Wildman–Crippen LogP) is 5.46. The molecule has 0 atom stereocenters. The van der Waals surface area contributed by atoms with E-state index in [-0.39, 0.29) is 0 Å². The average molecular weight is 338 g/mol. The molecule has 3 aromatic rings. The van der Waals surface area contributed by atoms with Gasteiger partial charge in [0, 0.05) is 22.1 Å². The van der Waals surface area contributed by atoms with Gasteiger partial charge < -0.3 is 9.97 Å². The second kappa shape index (κ2) is 6.69. The molecular formula is C22H18N4. The second-order valence-electron chi connectivity index (χ2n) is 5.91. The number of nitrogens with one attached hydrogen (secondary N) is 2. The largest absolute Gasteiger partial charge is 0.355 e. The fourth-order valence-electron chi connectivity index (χ4n) is 2.94. The van der Waals surface area contributed by atoms with Gasteiger partial charge in [0.05, 0.1) is 22.8 Å². The SMILES string of the molecule is C1=Cc2cc3ccc(cc4ccc(cc5nc(cc1n2)C=C5)[nH]4)[nH]3.C=C. The summed E-state index contributed by atoms with van der Waals surface area (Å²) in [5.41, 5.74) is 7.86. The first-order valence-corrected chi connectivity index (χ1v) is 8.35. The van der Waals surface area contributed by atoms with Crippen LogP contribution in [0.1, 0.15) is 22.8 Å². The molecule has 0 spiro atoms. The Bertz CT molecular complexity index is 1090. The maximum atomic E-state index is 4.62. The molecule has 126 valence electrons. The third-order valence-corrected chi connectivity index (χ3v) is 4.04. The van der Waals surface area contributed by atoms with Crippen molar-refractivity contribution in [1.82, 2.24) is 19.9 Å². The van der Waals surface area contributed by atoms with Gasteiger partial charge in [0.25, 0.3) is 0 Å². The van der Waals surface area contributed by atoms with Crippen molar-refractivity contribution in [2.24, 2.45) is 0 Å². The molecule has 26 heavy (non-hydrogen) atoms. The minimum Gasteiger partial charge on any atom is -0.355 e. The van der Waals surface area contributed by atoms with Crippen molar-refractivity contribution >= 4 is 46.4 Å². The normalized spacial score (nSPS) is 11.8. The van der Waals surface area contributed by atoms with E-state index >= 15 is 0 Å². The Morgan fingerprint density at radius 3 is 1.27 bits per heavy atom. The monoisotopic (exact) mass is 338 g/mol. The lowest BCUT2D eigenvalue weighted by Crippen LogP contribution is -1.77. The Balaban J connectivity index is 0.000000814. The van der Waals surface area contributed by atoms with E-state index in [9.17, 15) is 0 Å². The van der Waals surface area contributed by atoms with Crippen molar-refractivity contribution in [2.75, 3.05) is 0 Å². The predicted molar refractivity (Wildman–Crippen MR) is 110 cm³/mol. The van der Waals surface area contributed by atoms with Gasteiger partial charge in [-0.2, -0.15) is 0 Å². The van der Waals surface area contributed by atoms with Crippen LogP contribution in [0.5, 0.6) is 0 Å². The first kappa shape index (κ1) is 15.8. The van der Waals surface area contributed by atoms with Gasteiger partial charge >= 0.3 is 0 Å². The highest BCUT2D eigenvalue weighted by atomic mass is 14.8. The van der Waals surface area contributed by atoms with Crippen LogP contribution in [0.25, 0.3) is 46.4 Å². The molecule has 0 aromatic carbocycles. The highest BCUT2D eigenvalue weighted by Gasteiger charge is 2.02. The summed E-state index contributed by atoms with van der Waals surface area (Å²) < 4.78 is 0. The Morgan fingerprint density at radius 2 is 0.846 bits per heavy atom. The molecule has 2 aliphatic heterocycles. The van der Waals surface area contributed by atoms with Crippen LogP contribution in [0.2, 0.25) is 0 Å². The standard InChI is InChI=1S/C20H14N4.C2H4/c1-2-14-10-16-5-6-18(23-16)12-20-8-7-19(24-20)11-17-4-3-15(22-17)9-13(1)21-14;1-2/h1-12,21-22H;1-2H2. The third-order valence-electron chi connectivity index (χ3n) is 4.04. The Labute approximate surface area is 151 Å². The molecule has 5 heterocycles. The lowest BCUT2D eigenvalue weighted by Gasteiger charge is -1.86. The van der Waals surface area contributed by atoms with Crippen molar-refractivity contribution in [1.29, 1.82) is 0 Å². The van der Waals surface area contributed by atoms with Crippen LogP contribution >= 0.6 is 0 Å². The van der Waals surface area contributed by atoms with Gasteiger partial charge in [0.2, 0.25) is 0 Å². The summed E-state index contributed by atoms with van der Waals surface area (Å²) in [5, 5.41) is 0. The molecule has 0 radical (unpaired) electrons.